The fraction of sp³-hybridized carbons (Fsp3) is 0.381. The zero-order valence-electron chi connectivity index (χ0n) is 16.5. The maximum atomic E-state index is 12.6. The fourth-order valence-electron chi connectivity index (χ4n) is 4.40. The molecule has 154 valence electrons. The third kappa shape index (κ3) is 3.60. The molecule has 1 amide bonds. The molecule has 9 heteroatoms. The second kappa shape index (κ2) is 7.64. The number of hydrogen-bond donors (Lipinski definition) is 1. The smallest absolute Gasteiger partial charge is 0.285 e. The summed E-state index contributed by atoms with van der Waals surface area (Å²) in [5, 5.41) is 4.86. The van der Waals surface area contributed by atoms with Gasteiger partial charge >= 0.3 is 0 Å². The van der Waals surface area contributed by atoms with Crippen molar-refractivity contribution in [1.82, 2.24) is 24.8 Å². The average Bonchev–Trinajstić information content (AvgIpc) is 3.48. The van der Waals surface area contributed by atoms with Gasteiger partial charge in [-0.25, -0.2) is 9.97 Å². The van der Waals surface area contributed by atoms with E-state index < -0.39 is 5.56 Å². The molecule has 0 bridgehead atoms. The minimum atomic E-state index is -0.451. The van der Waals surface area contributed by atoms with Crippen LogP contribution in [-0.2, 0) is 19.4 Å². The summed E-state index contributed by atoms with van der Waals surface area (Å²) in [6.07, 6.45) is 7.64. The number of fused-ring (bicyclic) bond motifs is 1. The zero-order valence-corrected chi connectivity index (χ0v) is 17.3. The largest absolute Gasteiger partial charge is 0.351 e. The highest BCUT2D eigenvalue weighted by Gasteiger charge is 2.44. The Labute approximate surface area is 177 Å². The second-order valence-corrected chi connectivity index (χ2v) is 9.02. The number of nitrogens with one attached hydrogen (secondary N) is 1. The van der Waals surface area contributed by atoms with E-state index in [0.717, 1.165) is 50.7 Å². The van der Waals surface area contributed by atoms with Gasteiger partial charge in [-0.15, -0.1) is 11.3 Å². The lowest BCUT2D eigenvalue weighted by Crippen LogP contribution is -2.32. The number of carbonyl (C=O) groups is 1. The molecular weight excluding hydrogens is 400 g/mol. The van der Waals surface area contributed by atoms with Gasteiger partial charge in [0, 0.05) is 61.5 Å². The van der Waals surface area contributed by atoms with Crippen molar-refractivity contribution in [1.29, 1.82) is 0 Å². The SMILES string of the molecule is O=C(NCCc1cccs1)c1cn2c(nc1=O)C[C@@]1(CCN(c3ncccn3)C1)C2. The van der Waals surface area contributed by atoms with Gasteiger partial charge in [-0.2, -0.15) is 4.98 Å². The molecule has 0 aliphatic carbocycles. The fourth-order valence-corrected chi connectivity index (χ4v) is 5.11. The van der Waals surface area contributed by atoms with Gasteiger partial charge in [-0.05, 0) is 30.4 Å². The summed E-state index contributed by atoms with van der Waals surface area (Å²) < 4.78 is 1.98. The first-order valence-electron chi connectivity index (χ1n) is 10.0. The highest BCUT2D eigenvalue weighted by Crippen LogP contribution is 2.40. The number of hydrogen-bond acceptors (Lipinski definition) is 7. The maximum absolute atomic E-state index is 12.6. The van der Waals surface area contributed by atoms with Crippen molar-refractivity contribution in [3.8, 4) is 0 Å². The normalized spacial score (nSPS) is 19.9. The van der Waals surface area contributed by atoms with E-state index in [0.29, 0.717) is 6.54 Å². The first-order chi connectivity index (χ1) is 14.6. The Morgan fingerprint density at radius 1 is 1.23 bits per heavy atom. The van der Waals surface area contributed by atoms with Crippen LogP contribution < -0.4 is 15.8 Å². The third-order valence-electron chi connectivity index (χ3n) is 5.87. The van der Waals surface area contributed by atoms with Crippen LogP contribution in [0, 0.1) is 5.41 Å². The van der Waals surface area contributed by atoms with Crippen molar-refractivity contribution in [3.63, 3.8) is 0 Å². The standard InChI is InChI=1S/C21H22N6O2S/c28-18(22-8-4-15-3-1-10-30-15)16-12-27-14-21(11-17(27)25-19(16)29)5-9-26(13-21)20-23-6-2-7-24-20/h1-3,6-7,10,12H,4-5,8-9,11,13-14H2,(H,22,28)/t21-/m1/s1. The summed E-state index contributed by atoms with van der Waals surface area (Å²) in [5.41, 5.74) is -0.337. The van der Waals surface area contributed by atoms with Crippen molar-refractivity contribution in [2.45, 2.75) is 25.8 Å². The molecule has 30 heavy (non-hydrogen) atoms. The molecule has 0 radical (unpaired) electrons. The zero-order chi connectivity index (χ0) is 20.6. The number of carbonyl (C=O) groups excluding carboxylic acids is 1. The van der Waals surface area contributed by atoms with E-state index in [4.69, 9.17) is 0 Å². The lowest BCUT2D eigenvalue weighted by molar-refractivity contribution is 0.0951. The first kappa shape index (κ1) is 18.9. The molecular formula is C21H22N6O2S. The molecule has 8 nitrogen and oxygen atoms in total. The number of anilines is 1. The van der Waals surface area contributed by atoms with Gasteiger partial charge < -0.3 is 14.8 Å². The van der Waals surface area contributed by atoms with Crippen LogP contribution in [0.5, 0.6) is 0 Å². The van der Waals surface area contributed by atoms with E-state index in [1.54, 1.807) is 29.9 Å². The minimum absolute atomic E-state index is 0.0000873. The Morgan fingerprint density at radius 3 is 2.90 bits per heavy atom. The van der Waals surface area contributed by atoms with Crippen LogP contribution in [0.2, 0.25) is 0 Å². The monoisotopic (exact) mass is 422 g/mol. The lowest BCUT2D eigenvalue weighted by atomic mass is 9.86. The van der Waals surface area contributed by atoms with E-state index in [1.165, 1.54) is 4.88 Å². The van der Waals surface area contributed by atoms with Crippen LogP contribution in [0.1, 0.15) is 27.5 Å². The van der Waals surface area contributed by atoms with Gasteiger partial charge in [0.15, 0.2) is 0 Å². The van der Waals surface area contributed by atoms with E-state index >= 15 is 0 Å². The van der Waals surface area contributed by atoms with Crippen molar-refractivity contribution in [3.05, 3.63) is 68.8 Å². The molecule has 0 unspecified atom stereocenters. The molecule has 5 heterocycles. The van der Waals surface area contributed by atoms with Gasteiger partial charge in [0.2, 0.25) is 5.95 Å². The van der Waals surface area contributed by atoms with E-state index in [9.17, 15) is 9.59 Å². The van der Waals surface area contributed by atoms with Crippen molar-refractivity contribution < 1.29 is 4.79 Å². The van der Waals surface area contributed by atoms with Crippen LogP contribution in [0.3, 0.4) is 0 Å². The summed E-state index contributed by atoms with van der Waals surface area (Å²) in [7, 11) is 0. The van der Waals surface area contributed by atoms with Crippen molar-refractivity contribution in [2.75, 3.05) is 24.5 Å². The van der Waals surface area contributed by atoms with E-state index in [2.05, 4.69) is 25.2 Å². The van der Waals surface area contributed by atoms with Crippen LogP contribution in [-0.4, -0.2) is 45.1 Å². The van der Waals surface area contributed by atoms with Crippen molar-refractivity contribution >= 4 is 23.2 Å². The molecule has 0 saturated carbocycles. The topological polar surface area (TPSA) is 93.0 Å². The van der Waals surface area contributed by atoms with E-state index in [1.807, 2.05) is 28.1 Å². The quantitative estimate of drug-likeness (QED) is 0.670. The van der Waals surface area contributed by atoms with Gasteiger partial charge in [-0.3, -0.25) is 9.59 Å². The Hall–Kier alpha value is -3.07. The Bertz CT molecular complexity index is 1110. The van der Waals surface area contributed by atoms with Gasteiger partial charge in [0.05, 0.1) is 0 Å². The van der Waals surface area contributed by atoms with Crippen LogP contribution in [0.4, 0.5) is 5.95 Å². The third-order valence-corrected chi connectivity index (χ3v) is 6.81. The maximum Gasteiger partial charge on any atom is 0.285 e. The Balaban J connectivity index is 1.28. The molecule has 1 saturated heterocycles. The van der Waals surface area contributed by atoms with Crippen LogP contribution >= 0.6 is 11.3 Å². The van der Waals surface area contributed by atoms with Crippen LogP contribution in [0.25, 0.3) is 0 Å². The molecule has 1 spiro atoms. The highest BCUT2D eigenvalue weighted by molar-refractivity contribution is 7.09. The summed E-state index contributed by atoms with van der Waals surface area (Å²) >= 11 is 1.66. The molecule has 0 aromatic carbocycles. The lowest BCUT2D eigenvalue weighted by Gasteiger charge is -2.22. The molecule has 1 N–H and O–H groups in total. The molecule has 5 rings (SSSR count). The molecule has 3 aromatic rings. The number of amides is 1. The first-order valence-corrected chi connectivity index (χ1v) is 10.9. The second-order valence-electron chi connectivity index (χ2n) is 7.99. The molecule has 1 atom stereocenters. The molecule has 3 aromatic heterocycles. The number of nitrogens with zero attached hydrogens (tertiary/aromatic N) is 5. The van der Waals surface area contributed by atoms with Crippen molar-refractivity contribution in [2.24, 2.45) is 5.41 Å². The Morgan fingerprint density at radius 2 is 2.10 bits per heavy atom. The summed E-state index contributed by atoms with van der Waals surface area (Å²) in [6, 6.07) is 5.83. The van der Waals surface area contributed by atoms with Gasteiger partial charge in [0.1, 0.15) is 11.4 Å². The highest BCUT2D eigenvalue weighted by atomic mass is 32.1. The average molecular weight is 423 g/mol. The van der Waals surface area contributed by atoms with Gasteiger partial charge in [0.25, 0.3) is 11.5 Å². The molecule has 1 fully saturated rings. The molecule has 2 aliphatic rings. The summed E-state index contributed by atoms with van der Waals surface area (Å²) in [5.74, 6) is 1.13. The van der Waals surface area contributed by atoms with Gasteiger partial charge in [-0.1, -0.05) is 6.07 Å². The summed E-state index contributed by atoms with van der Waals surface area (Å²) in [6.45, 7) is 2.93. The number of aromatic nitrogens is 4. The predicted molar refractivity (Wildman–Crippen MR) is 114 cm³/mol. The Kier molecular flexibility index (Phi) is 4.82. The van der Waals surface area contributed by atoms with Crippen LogP contribution in [0.15, 0.2) is 47.0 Å². The van der Waals surface area contributed by atoms with E-state index in [-0.39, 0.29) is 16.9 Å². The number of rotatable bonds is 5. The molecule has 2 aliphatic heterocycles. The summed E-state index contributed by atoms with van der Waals surface area (Å²) in [4.78, 5) is 41.4. The minimum Gasteiger partial charge on any atom is -0.351 e. The predicted octanol–water partition coefficient (Wildman–Crippen LogP) is 1.52. The number of thiophene rings is 1.